The lowest BCUT2D eigenvalue weighted by atomic mass is 9.82. The van der Waals surface area contributed by atoms with Crippen LogP contribution in [0, 0.1) is 5.82 Å². The second-order valence-corrected chi connectivity index (χ2v) is 7.66. The molecule has 0 saturated heterocycles. The summed E-state index contributed by atoms with van der Waals surface area (Å²) in [5.74, 6) is -0.105. The van der Waals surface area contributed by atoms with E-state index in [-0.39, 0.29) is 17.4 Å². The zero-order chi connectivity index (χ0) is 15.1. The van der Waals surface area contributed by atoms with Crippen LogP contribution in [-0.2, 0) is 17.6 Å². The van der Waals surface area contributed by atoms with Crippen molar-refractivity contribution in [1.29, 1.82) is 0 Å². The highest BCUT2D eigenvalue weighted by Crippen LogP contribution is 2.37. The van der Waals surface area contributed by atoms with E-state index >= 15 is 0 Å². The van der Waals surface area contributed by atoms with Crippen LogP contribution in [0.1, 0.15) is 44.6 Å². The molecule has 1 aromatic rings. The molecule has 0 bridgehead atoms. The van der Waals surface area contributed by atoms with Gasteiger partial charge in [0, 0.05) is 34.8 Å². The molecule has 0 aliphatic heterocycles. The van der Waals surface area contributed by atoms with E-state index in [1.54, 1.807) is 17.3 Å². The molecule has 3 nitrogen and oxygen atoms in total. The molecule has 112 valence electrons. The fourth-order valence-corrected chi connectivity index (χ4v) is 3.60. The van der Waals surface area contributed by atoms with Gasteiger partial charge in [-0.3, -0.25) is 0 Å². The van der Waals surface area contributed by atoms with Crippen molar-refractivity contribution in [2.45, 2.75) is 58.1 Å². The number of nitrogens with zero attached hydrogens (tertiary/aromatic N) is 1. The molecule has 1 atom stereocenters. The Labute approximate surface area is 123 Å². The molecule has 1 aliphatic carbocycles. The molecule has 0 spiro atoms. The molecule has 20 heavy (non-hydrogen) atoms. The van der Waals surface area contributed by atoms with Gasteiger partial charge in [0.05, 0.1) is 0 Å². The molecular weight excluding hydrogens is 277 g/mol. The van der Waals surface area contributed by atoms with Crippen LogP contribution in [0.25, 0.3) is 0 Å². The lowest BCUT2D eigenvalue weighted by Crippen LogP contribution is -2.52. The smallest absolute Gasteiger partial charge is 0.410 e. The summed E-state index contributed by atoms with van der Waals surface area (Å²) in [7, 11) is 1.77. The van der Waals surface area contributed by atoms with Crippen LogP contribution in [0.15, 0.2) is 5.38 Å². The van der Waals surface area contributed by atoms with E-state index in [1.807, 2.05) is 27.7 Å². The van der Waals surface area contributed by atoms with Crippen LogP contribution < -0.4 is 0 Å². The Kier molecular flexibility index (Phi) is 3.84. The number of hydrogen-bond acceptors (Lipinski definition) is 3. The van der Waals surface area contributed by atoms with Crippen molar-refractivity contribution in [2.24, 2.45) is 0 Å². The van der Waals surface area contributed by atoms with E-state index in [9.17, 15) is 9.18 Å². The molecule has 0 saturated carbocycles. The number of thiophene rings is 1. The van der Waals surface area contributed by atoms with Gasteiger partial charge in [-0.1, -0.05) is 0 Å². The predicted molar refractivity (Wildman–Crippen MR) is 78.7 cm³/mol. The average Bonchev–Trinajstić information content (AvgIpc) is 2.67. The number of fused-ring (bicyclic) bond motifs is 1. The number of halogens is 1. The van der Waals surface area contributed by atoms with Gasteiger partial charge in [0.1, 0.15) is 11.4 Å². The van der Waals surface area contributed by atoms with E-state index in [0.29, 0.717) is 12.8 Å². The van der Waals surface area contributed by atoms with Gasteiger partial charge in [0.2, 0.25) is 0 Å². The van der Waals surface area contributed by atoms with Crippen molar-refractivity contribution >= 4 is 17.4 Å². The van der Waals surface area contributed by atoms with Gasteiger partial charge in [-0.15, -0.1) is 11.3 Å². The molecule has 1 heterocycles. The third kappa shape index (κ3) is 2.97. The molecule has 0 N–H and O–H groups in total. The van der Waals surface area contributed by atoms with Gasteiger partial charge in [-0.2, -0.15) is 0 Å². The van der Waals surface area contributed by atoms with Crippen molar-refractivity contribution in [3.63, 3.8) is 0 Å². The monoisotopic (exact) mass is 299 g/mol. The topological polar surface area (TPSA) is 29.5 Å². The lowest BCUT2D eigenvalue weighted by molar-refractivity contribution is 0.00566. The Hall–Kier alpha value is -1.10. The highest BCUT2D eigenvalue weighted by Gasteiger charge is 2.39. The number of ether oxygens (including phenoxy) is 1. The second-order valence-electron chi connectivity index (χ2n) is 6.70. The maximum Gasteiger partial charge on any atom is 0.410 e. The summed E-state index contributed by atoms with van der Waals surface area (Å²) < 4.78 is 19.0. The summed E-state index contributed by atoms with van der Waals surface area (Å²) in [5, 5.41) is 1.56. The first-order valence-electron chi connectivity index (χ1n) is 6.84. The van der Waals surface area contributed by atoms with Gasteiger partial charge in [-0.05, 0) is 40.5 Å². The second kappa shape index (κ2) is 5.02. The molecule has 0 radical (unpaired) electrons. The first-order valence-corrected chi connectivity index (χ1v) is 7.72. The normalized spacial score (nSPS) is 22.3. The number of rotatable bonds is 1. The number of carbonyl (C=O) groups excluding carboxylic acids is 1. The maximum atomic E-state index is 13.6. The first kappa shape index (κ1) is 15.3. The summed E-state index contributed by atoms with van der Waals surface area (Å²) in [4.78, 5) is 14.9. The molecule has 1 aromatic heterocycles. The minimum absolute atomic E-state index is 0.105. The van der Waals surface area contributed by atoms with Crippen molar-refractivity contribution < 1.29 is 13.9 Å². The van der Waals surface area contributed by atoms with E-state index < -0.39 is 5.60 Å². The van der Waals surface area contributed by atoms with E-state index in [0.717, 1.165) is 16.9 Å². The molecule has 1 aliphatic rings. The third-order valence-corrected chi connectivity index (χ3v) is 4.86. The standard InChI is InChI=1S/C15H22FNO2S/c1-14(2,3)19-13(18)17(5)15(4)7-6-10-11(16)9-20-12(10)8-15/h9H,6-8H2,1-5H3. The minimum Gasteiger partial charge on any atom is -0.444 e. The molecule has 1 unspecified atom stereocenters. The quantitative estimate of drug-likeness (QED) is 0.784. The van der Waals surface area contributed by atoms with Crippen molar-refractivity contribution in [2.75, 3.05) is 7.05 Å². The largest absolute Gasteiger partial charge is 0.444 e. The van der Waals surface area contributed by atoms with Gasteiger partial charge in [0.15, 0.2) is 0 Å². The summed E-state index contributed by atoms with van der Waals surface area (Å²) >= 11 is 1.44. The SMILES string of the molecule is CN(C(=O)OC(C)(C)C)C1(C)CCc2c(F)csc2C1. The predicted octanol–water partition coefficient (Wildman–Crippen LogP) is 4.00. The van der Waals surface area contributed by atoms with Crippen molar-refractivity contribution in [3.8, 4) is 0 Å². The third-order valence-electron chi connectivity index (χ3n) is 3.86. The molecule has 0 aromatic carbocycles. The average molecular weight is 299 g/mol. The van der Waals surface area contributed by atoms with Crippen LogP contribution in [0.2, 0.25) is 0 Å². The summed E-state index contributed by atoms with van der Waals surface area (Å²) in [6.45, 7) is 7.61. The fourth-order valence-electron chi connectivity index (χ4n) is 2.47. The Morgan fingerprint density at radius 3 is 2.75 bits per heavy atom. The van der Waals surface area contributed by atoms with E-state index in [1.165, 1.54) is 11.3 Å². The molecule has 2 rings (SSSR count). The Morgan fingerprint density at radius 1 is 1.50 bits per heavy atom. The number of amides is 1. The van der Waals surface area contributed by atoms with E-state index in [2.05, 4.69) is 0 Å². The van der Waals surface area contributed by atoms with Gasteiger partial charge < -0.3 is 9.64 Å². The number of hydrogen-bond donors (Lipinski definition) is 0. The minimum atomic E-state index is -0.503. The van der Waals surface area contributed by atoms with Gasteiger partial charge in [-0.25, -0.2) is 9.18 Å². The van der Waals surface area contributed by atoms with Gasteiger partial charge >= 0.3 is 6.09 Å². The maximum absolute atomic E-state index is 13.6. The summed E-state index contributed by atoms with van der Waals surface area (Å²) in [6.07, 6.45) is 1.80. The fraction of sp³-hybridized carbons (Fsp3) is 0.667. The highest BCUT2D eigenvalue weighted by atomic mass is 32.1. The van der Waals surface area contributed by atoms with Crippen LogP contribution in [0.5, 0.6) is 0 Å². The number of carbonyl (C=O) groups is 1. The van der Waals surface area contributed by atoms with Crippen molar-refractivity contribution in [3.05, 3.63) is 21.6 Å². The molecular formula is C15H22FNO2S. The molecule has 5 heteroatoms. The zero-order valence-electron chi connectivity index (χ0n) is 12.7. The molecule has 0 fully saturated rings. The van der Waals surface area contributed by atoms with Crippen LogP contribution in [-0.4, -0.2) is 29.2 Å². The summed E-state index contributed by atoms with van der Waals surface area (Å²) in [6, 6.07) is 0. The Morgan fingerprint density at radius 2 is 2.15 bits per heavy atom. The number of likely N-dealkylation sites (N-methyl/N-ethyl adjacent to an activating group) is 1. The molecule has 1 amide bonds. The first-order chi connectivity index (χ1) is 9.12. The highest BCUT2D eigenvalue weighted by molar-refractivity contribution is 7.10. The zero-order valence-corrected chi connectivity index (χ0v) is 13.6. The van der Waals surface area contributed by atoms with Crippen LogP contribution >= 0.6 is 11.3 Å². The van der Waals surface area contributed by atoms with Crippen molar-refractivity contribution in [1.82, 2.24) is 4.90 Å². The lowest BCUT2D eigenvalue weighted by Gasteiger charge is -2.41. The van der Waals surface area contributed by atoms with Crippen LogP contribution in [0.3, 0.4) is 0 Å². The summed E-state index contributed by atoms with van der Waals surface area (Å²) in [5.41, 5.74) is 0.00786. The Bertz CT molecular complexity index is 520. The Balaban J connectivity index is 2.14. The van der Waals surface area contributed by atoms with Crippen LogP contribution in [0.4, 0.5) is 9.18 Å². The van der Waals surface area contributed by atoms with Gasteiger partial charge in [0.25, 0.3) is 0 Å². The van der Waals surface area contributed by atoms with E-state index in [4.69, 9.17) is 4.74 Å².